The molecule has 0 rings (SSSR count). The van der Waals surface area contributed by atoms with Crippen LogP contribution in [0, 0.1) is 0 Å². The first-order chi connectivity index (χ1) is 1.73. The monoisotopic (exact) mass is 239 g/mol. The van der Waals surface area contributed by atoms with Gasteiger partial charge in [-0.05, 0) is 0 Å². The molecule has 0 aromatic rings. The van der Waals surface area contributed by atoms with Gasteiger partial charge in [-0.1, -0.05) is 0 Å². The van der Waals surface area contributed by atoms with Crippen molar-refractivity contribution in [1.29, 1.82) is 0 Å². The van der Waals surface area contributed by atoms with Crippen molar-refractivity contribution in [2.75, 3.05) is 0 Å². The van der Waals surface area contributed by atoms with Gasteiger partial charge in [-0.3, -0.25) is 0 Å². The molecule has 0 heterocycles. The van der Waals surface area contributed by atoms with E-state index in [4.69, 9.17) is 11.5 Å². The van der Waals surface area contributed by atoms with Crippen molar-refractivity contribution in [3.8, 4) is 0 Å². The summed E-state index contributed by atoms with van der Waals surface area (Å²) in [6.45, 7) is 0. The van der Waals surface area contributed by atoms with Gasteiger partial charge < -0.3 is 0 Å². The third-order valence-corrected chi connectivity index (χ3v) is 0. The van der Waals surface area contributed by atoms with Crippen LogP contribution in [0.3, 0.4) is 0 Å². The second kappa shape index (κ2) is 1.77. The summed E-state index contributed by atoms with van der Waals surface area (Å²) in [5.41, 5.74) is 9.59. The van der Waals surface area contributed by atoms with Gasteiger partial charge in [0, 0.05) is 0 Å². The number of hydrogen-bond donors (Lipinski definition) is 2. The van der Waals surface area contributed by atoms with Gasteiger partial charge in [-0.2, -0.15) is 0 Å². The van der Waals surface area contributed by atoms with Crippen LogP contribution in [0.2, 0.25) is 0 Å². The molecule has 0 saturated carbocycles. The minimum absolute atomic E-state index is 0.389. The third-order valence-electron chi connectivity index (χ3n) is 0. The van der Waals surface area contributed by atoms with E-state index in [-0.39, 0.29) is 0 Å². The quantitative estimate of drug-likeness (QED) is 0.542. The van der Waals surface area contributed by atoms with Crippen LogP contribution in [-0.2, 0) is 19.4 Å². The maximum absolute atomic E-state index is 4.79. The van der Waals surface area contributed by atoms with E-state index in [2.05, 4.69) is 0 Å². The van der Waals surface area contributed by atoms with Gasteiger partial charge in [0.05, 0.1) is 0 Å². The Morgan fingerprint density at radius 3 is 1.50 bits per heavy atom. The van der Waals surface area contributed by atoms with Crippen molar-refractivity contribution < 1.29 is 19.4 Å². The molecule has 0 aromatic carbocycles. The van der Waals surface area contributed by atoms with Crippen LogP contribution >= 0.6 is 0 Å². The molecule has 0 unspecified atom stereocenters. The van der Waals surface area contributed by atoms with Gasteiger partial charge in [0.15, 0.2) is 0 Å². The number of rotatable bonds is 0. The van der Waals surface area contributed by atoms with E-state index in [0.29, 0.717) is 4.15 Å². The molecule has 0 aromatic heterocycles. The summed E-state index contributed by atoms with van der Waals surface area (Å²) in [4.78, 5) is 0. The normalized spacial score (nSPS) is 7.00. The molecular weight excluding hydrogens is 235 g/mol. The predicted octanol–water partition coefficient (Wildman–Crippen LogP) is -1.46. The maximum atomic E-state index is 4.79. The van der Waals surface area contributed by atoms with E-state index in [1.807, 2.05) is 0 Å². The van der Waals surface area contributed by atoms with Crippen LogP contribution in [-0.4, -0.2) is 4.15 Å². The Balaban J connectivity index is 2.80. The molecule has 0 bridgehead atoms. The molecule has 0 amide bonds. The van der Waals surface area contributed by atoms with Gasteiger partial charge in [0.2, 0.25) is 0 Å². The second-order valence-corrected chi connectivity index (χ2v) is 1.66. The number of nitrogens with two attached hydrogens (primary N) is 2. The fourth-order valence-corrected chi connectivity index (χ4v) is 0. The van der Waals surface area contributed by atoms with E-state index in [0.717, 1.165) is 0 Å². The van der Waals surface area contributed by atoms with Crippen molar-refractivity contribution in [1.82, 2.24) is 0 Å². The molecule has 4 heavy (non-hydrogen) atoms. The zero-order valence-corrected chi connectivity index (χ0v) is 4.24. The Morgan fingerprint density at radius 2 is 1.50 bits per heavy atom. The molecule has 3 heteroatoms. The fraction of sp³-hybridized carbons (Fsp3) is 0. The van der Waals surface area contributed by atoms with Crippen molar-refractivity contribution in [3.05, 3.63) is 0 Å². The molecule has 2 nitrogen and oxygen atoms in total. The van der Waals surface area contributed by atoms with Gasteiger partial charge in [-0.25, -0.2) is 0 Å². The molecule has 0 aliphatic heterocycles. The summed E-state index contributed by atoms with van der Waals surface area (Å²) in [7, 11) is 0. The standard InChI is InChI=1S/CH4N2.Pt/c2-1-3;/h2-3H2;. The summed E-state index contributed by atoms with van der Waals surface area (Å²) >= 11 is 1.80. The summed E-state index contributed by atoms with van der Waals surface area (Å²) in [6, 6.07) is 0. The molecule has 0 fully saturated rings. The first kappa shape index (κ1) is 4.48. The second-order valence-electron chi connectivity index (χ2n) is 0.349. The van der Waals surface area contributed by atoms with Crippen LogP contribution in [0.5, 0.6) is 0 Å². The molecule has 0 spiro atoms. The zero-order valence-electron chi connectivity index (χ0n) is 1.97. The predicted molar refractivity (Wildman–Crippen MR) is 13.4 cm³/mol. The van der Waals surface area contributed by atoms with Crippen LogP contribution in [0.25, 0.3) is 0 Å². The molecule has 0 radical (unpaired) electrons. The van der Waals surface area contributed by atoms with Crippen molar-refractivity contribution >= 4 is 4.15 Å². The topological polar surface area (TPSA) is 52.0 Å². The van der Waals surface area contributed by atoms with E-state index < -0.39 is 0 Å². The van der Waals surface area contributed by atoms with E-state index in [9.17, 15) is 0 Å². The Bertz CT molecular complexity index is 29.0. The van der Waals surface area contributed by atoms with Crippen LogP contribution < -0.4 is 11.5 Å². The molecule has 0 aliphatic rings. The summed E-state index contributed by atoms with van der Waals surface area (Å²) in [6.07, 6.45) is 0. The summed E-state index contributed by atoms with van der Waals surface area (Å²) < 4.78 is 0.389. The van der Waals surface area contributed by atoms with Crippen molar-refractivity contribution in [3.63, 3.8) is 0 Å². The summed E-state index contributed by atoms with van der Waals surface area (Å²) in [5.74, 6) is 0. The van der Waals surface area contributed by atoms with Gasteiger partial charge in [0.25, 0.3) is 0 Å². The Kier molecular flexibility index (Phi) is 1.98. The Labute approximate surface area is 35.6 Å². The first-order valence-electron chi connectivity index (χ1n) is 0.735. The average Bonchev–Trinajstić information content (AvgIpc) is 0.811. The minimum atomic E-state index is 0.389. The Hall–Kier alpha value is 0.478. The zero-order chi connectivity index (χ0) is 3.58. The number of hydrogen-bond acceptors (Lipinski definition) is 2. The fourth-order valence-electron chi connectivity index (χ4n) is 0. The third kappa shape index (κ3) is 23.7. The SMILES string of the molecule is N[C](N)=[Pt]. The average molecular weight is 239 g/mol. The van der Waals surface area contributed by atoms with Gasteiger partial charge in [0.1, 0.15) is 0 Å². The van der Waals surface area contributed by atoms with E-state index in [1.165, 1.54) is 0 Å². The van der Waals surface area contributed by atoms with Crippen LogP contribution in [0.4, 0.5) is 0 Å². The van der Waals surface area contributed by atoms with Gasteiger partial charge in [-0.15, -0.1) is 0 Å². The first-order valence-corrected chi connectivity index (χ1v) is 1.87. The van der Waals surface area contributed by atoms with Gasteiger partial charge >= 0.3 is 35.0 Å². The van der Waals surface area contributed by atoms with E-state index in [1.54, 1.807) is 19.4 Å². The molecule has 0 aliphatic carbocycles. The van der Waals surface area contributed by atoms with Crippen LogP contribution in [0.15, 0.2) is 0 Å². The van der Waals surface area contributed by atoms with Crippen molar-refractivity contribution in [2.45, 2.75) is 0 Å². The molecule has 4 N–H and O–H groups in total. The van der Waals surface area contributed by atoms with Crippen molar-refractivity contribution in [2.24, 2.45) is 11.5 Å². The molecule has 28 valence electrons. The van der Waals surface area contributed by atoms with E-state index >= 15 is 0 Å². The molecular formula is CH4N2Pt. The molecule has 0 saturated heterocycles. The van der Waals surface area contributed by atoms with Crippen LogP contribution in [0.1, 0.15) is 0 Å². The summed E-state index contributed by atoms with van der Waals surface area (Å²) in [5, 5.41) is 0. The Morgan fingerprint density at radius 1 is 1.50 bits per heavy atom. The molecule has 0 atom stereocenters.